The van der Waals surface area contributed by atoms with Crippen LogP contribution in [0.3, 0.4) is 0 Å². The molecule has 0 atom stereocenters. The number of hydrogen-bond acceptors (Lipinski definition) is 2. The first-order chi connectivity index (χ1) is 10.1. The summed E-state index contributed by atoms with van der Waals surface area (Å²) in [6.45, 7) is 2.80. The first kappa shape index (κ1) is 14.8. The average Bonchev–Trinajstić information content (AvgIpc) is 2.96. The van der Waals surface area contributed by atoms with E-state index in [1.54, 1.807) is 18.2 Å². The van der Waals surface area contributed by atoms with Crippen molar-refractivity contribution >= 4 is 17.6 Å². The lowest BCUT2D eigenvalue weighted by molar-refractivity contribution is -0.136. The molecule has 5 nitrogen and oxygen atoms in total. The van der Waals surface area contributed by atoms with E-state index < -0.39 is 5.97 Å². The summed E-state index contributed by atoms with van der Waals surface area (Å²) in [6, 6.07) is 12.7. The Morgan fingerprint density at radius 3 is 2.48 bits per heavy atom. The maximum absolute atomic E-state index is 12.7. The predicted molar refractivity (Wildman–Crippen MR) is 80.5 cm³/mol. The number of carboxylic acid groups (broad SMARTS) is 1. The second-order valence-electron chi connectivity index (χ2n) is 4.62. The van der Waals surface area contributed by atoms with E-state index in [9.17, 15) is 9.59 Å². The highest BCUT2D eigenvalue weighted by molar-refractivity contribution is 6.05. The van der Waals surface area contributed by atoms with Crippen molar-refractivity contribution in [2.75, 3.05) is 11.4 Å². The highest BCUT2D eigenvalue weighted by atomic mass is 16.4. The average molecular weight is 286 g/mol. The number of carbonyl (C=O) groups is 2. The molecule has 0 fully saturated rings. The van der Waals surface area contributed by atoms with Crippen molar-refractivity contribution in [1.29, 1.82) is 0 Å². The molecule has 21 heavy (non-hydrogen) atoms. The van der Waals surface area contributed by atoms with E-state index in [0.29, 0.717) is 17.9 Å². The predicted octanol–water partition coefficient (Wildman–Crippen LogP) is 2.63. The molecular weight excluding hydrogens is 268 g/mol. The van der Waals surface area contributed by atoms with Gasteiger partial charge in [0.1, 0.15) is 5.69 Å². The minimum absolute atomic E-state index is 0.0898. The number of carboxylic acids is 1. The van der Waals surface area contributed by atoms with E-state index in [4.69, 9.17) is 5.11 Å². The number of benzene rings is 1. The zero-order chi connectivity index (χ0) is 15.2. The summed E-state index contributed by atoms with van der Waals surface area (Å²) in [5, 5.41) is 8.88. The number of aromatic nitrogens is 1. The monoisotopic (exact) mass is 286 g/mol. The van der Waals surface area contributed by atoms with Crippen LogP contribution in [-0.4, -0.2) is 28.1 Å². The van der Waals surface area contributed by atoms with Crippen LogP contribution in [0.4, 0.5) is 5.69 Å². The van der Waals surface area contributed by atoms with Gasteiger partial charge in [0.05, 0.1) is 6.42 Å². The Morgan fingerprint density at radius 1 is 1.14 bits per heavy atom. The highest BCUT2D eigenvalue weighted by Crippen LogP contribution is 2.18. The van der Waals surface area contributed by atoms with Crippen molar-refractivity contribution in [2.24, 2.45) is 0 Å². The Labute approximate surface area is 123 Å². The number of aliphatic carboxylic acids is 1. The van der Waals surface area contributed by atoms with Crippen LogP contribution in [0, 0.1) is 0 Å². The zero-order valence-electron chi connectivity index (χ0n) is 11.9. The molecule has 2 aromatic rings. The van der Waals surface area contributed by atoms with Crippen LogP contribution in [-0.2, 0) is 11.3 Å². The molecule has 0 radical (unpaired) electrons. The van der Waals surface area contributed by atoms with Gasteiger partial charge in [-0.2, -0.15) is 0 Å². The number of carbonyl (C=O) groups excluding carboxylic acids is 1. The van der Waals surface area contributed by atoms with Gasteiger partial charge in [-0.3, -0.25) is 9.59 Å². The topological polar surface area (TPSA) is 62.5 Å². The second kappa shape index (κ2) is 6.74. The molecule has 0 saturated carbocycles. The molecule has 110 valence electrons. The van der Waals surface area contributed by atoms with Gasteiger partial charge in [0.25, 0.3) is 5.91 Å². The number of aryl methyl sites for hydroxylation is 1. The number of amides is 1. The third kappa shape index (κ3) is 3.51. The normalized spacial score (nSPS) is 10.3. The fourth-order valence-corrected chi connectivity index (χ4v) is 2.19. The zero-order valence-corrected chi connectivity index (χ0v) is 11.9. The van der Waals surface area contributed by atoms with Gasteiger partial charge in [0.2, 0.25) is 0 Å². The summed E-state index contributed by atoms with van der Waals surface area (Å²) in [4.78, 5) is 25.0. The lowest BCUT2D eigenvalue weighted by Crippen LogP contribution is -2.34. The molecule has 1 heterocycles. The molecule has 0 aliphatic heterocycles. The smallest absolute Gasteiger partial charge is 0.305 e. The Bertz CT molecular complexity index is 619. The largest absolute Gasteiger partial charge is 0.481 e. The van der Waals surface area contributed by atoms with Gasteiger partial charge in [-0.15, -0.1) is 0 Å². The number of nitrogens with zero attached hydrogens (tertiary/aromatic N) is 2. The molecule has 1 aromatic carbocycles. The molecule has 0 unspecified atom stereocenters. The fraction of sp³-hybridized carbons (Fsp3) is 0.250. The molecule has 0 bridgehead atoms. The van der Waals surface area contributed by atoms with Gasteiger partial charge >= 0.3 is 5.97 Å². The Hall–Kier alpha value is -2.56. The molecule has 0 saturated heterocycles. The molecule has 5 heteroatoms. The van der Waals surface area contributed by atoms with Gasteiger partial charge in [-0.05, 0) is 31.2 Å². The van der Waals surface area contributed by atoms with Gasteiger partial charge in [0, 0.05) is 25.0 Å². The van der Waals surface area contributed by atoms with Crippen LogP contribution < -0.4 is 4.90 Å². The molecule has 1 N–H and O–H groups in total. The summed E-state index contributed by atoms with van der Waals surface area (Å²) in [6.07, 6.45) is 1.75. The molecule has 0 aliphatic carbocycles. The van der Waals surface area contributed by atoms with Crippen molar-refractivity contribution in [3.8, 4) is 0 Å². The van der Waals surface area contributed by atoms with E-state index in [-0.39, 0.29) is 18.9 Å². The number of hydrogen-bond donors (Lipinski definition) is 1. The maximum atomic E-state index is 12.7. The van der Waals surface area contributed by atoms with Gasteiger partial charge in [-0.25, -0.2) is 0 Å². The van der Waals surface area contributed by atoms with E-state index in [0.717, 1.165) is 0 Å². The number of rotatable bonds is 6. The van der Waals surface area contributed by atoms with Crippen molar-refractivity contribution in [3.05, 3.63) is 54.4 Å². The number of para-hydroxylation sites is 1. The van der Waals surface area contributed by atoms with Crippen LogP contribution in [0.15, 0.2) is 48.7 Å². The van der Waals surface area contributed by atoms with Crippen LogP contribution in [0.2, 0.25) is 0 Å². The highest BCUT2D eigenvalue weighted by Gasteiger charge is 2.20. The third-order valence-electron chi connectivity index (χ3n) is 3.25. The van der Waals surface area contributed by atoms with Crippen LogP contribution in [0.25, 0.3) is 0 Å². The van der Waals surface area contributed by atoms with Crippen molar-refractivity contribution in [3.63, 3.8) is 0 Å². The van der Waals surface area contributed by atoms with Crippen molar-refractivity contribution in [2.45, 2.75) is 19.9 Å². The summed E-state index contributed by atoms with van der Waals surface area (Å²) >= 11 is 0. The van der Waals surface area contributed by atoms with Crippen LogP contribution >= 0.6 is 0 Å². The van der Waals surface area contributed by atoms with Crippen molar-refractivity contribution in [1.82, 2.24) is 4.57 Å². The van der Waals surface area contributed by atoms with Gasteiger partial charge in [-0.1, -0.05) is 18.2 Å². The van der Waals surface area contributed by atoms with E-state index >= 15 is 0 Å². The fourth-order valence-electron chi connectivity index (χ4n) is 2.19. The summed E-state index contributed by atoms with van der Waals surface area (Å²) in [5.41, 5.74) is 1.26. The summed E-state index contributed by atoms with van der Waals surface area (Å²) in [7, 11) is 0. The molecular formula is C16H18N2O3. The van der Waals surface area contributed by atoms with Crippen molar-refractivity contribution < 1.29 is 14.7 Å². The Morgan fingerprint density at radius 2 is 1.86 bits per heavy atom. The molecule has 1 aromatic heterocycles. The van der Waals surface area contributed by atoms with E-state index in [1.807, 2.05) is 42.0 Å². The Balaban J connectivity index is 2.30. The molecule has 0 spiro atoms. The minimum Gasteiger partial charge on any atom is -0.481 e. The number of anilines is 1. The second-order valence-corrected chi connectivity index (χ2v) is 4.62. The first-order valence-corrected chi connectivity index (χ1v) is 6.87. The maximum Gasteiger partial charge on any atom is 0.305 e. The lowest BCUT2D eigenvalue weighted by Gasteiger charge is -2.22. The SMILES string of the molecule is CCn1cccc1C(=O)N(CCC(=O)O)c1ccccc1. The minimum atomic E-state index is -0.922. The standard InChI is InChI=1S/C16H18N2O3/c1-2-17-11-6-9-14(17)16(21)18(12-10-15(19)20)13-7-4-3-5-8-13/h3-9,11H,2,10,12H2,1H3,(H,19,20). The molecule has 2 rings (SSSR count). The van der Waals surface area contributed by atoms with Crippen LogP contribution in [0.1, 0.15) is 23.8 Å². The van der Waals surface area contributed by atoms with Crippen LogP contribution in [0.5, 0.6) is 0 Å². The first-order valence-electron chi connectivity index (χ1n) is 6.87. The van der Waals surface area contributed by atoms with Gasteiger partial charge in [0.15, 0.2) is 0 Å². The van der Waals surface area contributed by atoms with E-state index in [1.165, 1.54) is 4.90 Å². The quantitative estimate of drug-likeness (QED) is 0.888. The Kier molecular flexibility index (Phi) is 4.77. The van der Waals surface area contributed by atoms with E-state index in [2.05, 4.69) is 0 Å². The summed E-state index contributed by atoms with van der Waals surface area (Å²) in [5.74, 6) is -1.11. The lowest BCUT2D eigenvalue weighted by atomic mass is 10.2. The molecule has 1 amide bonds. The van der Waals surface area contributed by atoms with Gasteiger partial charge < -0.3 is 14.6 Å². The summed E-state index contributed by atoms with van der Waals surface area (Å²) < 4.78 is 1.85. The molecule has 0 aliphatic rings. The third-order valence-corrected chi connectivity index (χ3v) is 3.25.